The molecule has 0 aliphatic carbocycles. The van der Waals surface area contributed by atoms with Gasteiger partial charge in [0.25, 0.3) is 5.69 Å². The van der Waals surface area contributed by atoms with Gasteiger partial charge in [-0.15, -0.1) is 0 Å². The Bertz CT molecular complexity index is 1170. The molecule has 0 radical (unpaired) electrons. The average Bonchev–Trinajstić information content (AvgIpc) is 3.05. The molecule has 0 saturated carbocycles. The zero-order chi connectivity index (χ0) is 21.6. The second kappa shape index (κ2) is 6.92. The lowest BCUT2D eigenvalue weighted by Gasteiger charge is -2.07. The molecule has 0 unspecified atom stereocenters. The molecule has 8 nitrogen and oxygen atoms in total. The van der Waals surface area contributed by atoms with Crippen molar-refractivity contribution in [2.75, 3.05) is 0 Å². The largest absolute Gasteiger partial charge is 0.301 e. The van der Waals surface area contributed by atoms with E-state index in [1.165, 1.54) is 6.92 Å². The summed E-state index contributed by atoms with van der Waals surface area (Å²) in [6, 6.07) is 3.50. The third kappa shape index (κ3) is 3.15. The highest BCUT2D eigenvalue weighted by molar-refractivity contribution is 5.64. The average molecular weight is 414 g/mol. The molecule has 0 aliphatic heterocycles. The molecule has 1 aromatic heterocycles. The Kier molecular flexibility index (Phi) is 4.74. The van der Waals surface area contributed by atoms with Crippen LogP contribution in [0.15, 0.2) is 24.3 Å². The second-order valence-electron chi connectivity index (χ2n) is 5.71. The first-order valence-corrected chi connectivity index (χ1v) is 7.56. The first kappa shape index (κ1) is 19.9. The van der Waals surface area contributed by atoms with Crippen LogP contribution in [0.5, 0.6) is 0 Å². The van der Waals surface area contributed by atoms with E-state index in [0.717, 1.165) is 22.9 Å². The Labute approximate surface area is 157 Å². The molecule has 0 N–H and O–H groups in total. The number of non-ortho nitro benzene ring substituents is 1. The summed E-state index contributed by atoms with van der Waals surface area (Å²) in [6.45, 7) is 1.30. The molecule has 2 aromatic carbocycles. The Morgan fingerprint density at radius 2 is 1.41 bits per heavy atom. The van der Waals surface area contributed by atoms with E-state index in [1.807, 2.05) is 0 Å². The Balaban J connectivity index is 2.25. The minimum absolute atomic E-state index is 0.0286. The standard InChI is InChI=1S/C16H7F5N4O4/c1-6-4-8(11-12(17)14(19)16(21)15(20)13(11)18)22-23(6)9-3-2-7(24(26)27)5-10(9)25(28)29/h2-5H,1H3. The third-order valence-corrected chi connectivity index (χ3v) is 3.95. The van der Waals surface area contributed by atoms with E-state index >= 15 is 0 Å². The summed E-state index contributed by atoms with van der Waals surface area (Å²) in [5.74, 6) is -10.9. The van der Waals surface area contributed by atoms with Crippen molar-refractivity contribution >= 4 is 11.4 Å². The number of aromatic nitrogens is 2. The summed E-state index contributed by atoms with van der Waals surface area (Å²) >= 11 is 0. The van der Waals surface area contributed by atoms with Crippen molar-refractivity contribution in [2.45, 2.75) is 6.92 Å². The Morgan fingerprint density at radius 1 is 0.862 bits per heavy atom. The third-order valence-electron chi connectivity index (χ3n) is 3.95. The molecule has 13 heteroatoms. The molecule has 0 bridgehead atoms. The fraction of sp³-hybridized carbons (Fsp3) is 0.0625. The topological polar surface area (TPSA) is 104 Å². The molecule has 3 aromatic rings. The highest BCUT2D eigenvalue weighted by atomic mass is 19.2. The van der Waals surface area contributed by atoms with Crippen molar-refractivity contribution in [1.29, 1.82) is 0 Å². The maximum Gasteiger partial charge on any atom is 0.301 e. The smallest absolute Gasteiger partial charge is 0.258 e. The van der Waals surface area contributed by atoms with Gasteiger partial charge in [0, 0.05) is 11.8 Å². The summed E-state index contributed by atoms with van der Waals surface area (Å²) in [6.07, 6.45) is 0. The summed E-state index contributed by atoms with van der Waals surface area (Å²) < 4.78 is 69.0. The second-order valence-corrected chi connectivity index (χ2v) is 5.71. The van der Waals surface area contributed by atoms with E-state index in [9.17, 15) is 42.2 Å². The monoisotopic (exact) mass is 414 g/mol. The minimum atomic E-state index is -2.34. The number of nitrogens with zero attached hydrogens (tertiary/aromatic N) is 4. The molecule has 3 rings (SSSR count). The van der Waals surface area contributed by atoms with Crippen LogP contribution in [0.3, 0.4) is 0 Å². The van der Waals surface area contributed by atoms with Gasteiger partial charge < -0.3 is 0 Å². The van der Waals surface area contributed by atoms with Crippen molar-refractivity contribution in [3.63, 3.8) is 0 Å². The molecule has 0 fully saturated rings. The van der Waals surface area contributed by atoms with E-state index in [0.29, 0.717) is 6.07 Å². The molecule has 0 amide bonds. The lowest BCUT2D eigenvalue weighted by atomic mass is 10.1. The van der Waals surface area contributed by atoms with Gasteiger partial charge in [-0.25, -0.2) is 26.6 Å². The summed E-state index contributed by atoms with van der Waals surface area (Å²) in [7, 11) is 0. The first-order chi connectivity index (χ1) is 13.5. The zero-order valence-electron chi connectivity index (χ0n) is 14.1. The van der Waals surface area contributed by atoms with E-state index < -0.39 is 61.6 Å². The molecular weight excluding hydrogens is 407 g/mol. The number of hydrogen-bond donors (Lipinski definition) is 0. The van der Waals surface area contributed by atoms with Gasteiger partial charge in [0.15, 0.2) is 23.3 Å². The van der Waals surface area contributed by atoms with Crippen LogP contribution >= 0.6 is 0 Å². The molecule has 0 atom stereocenters. The van der Waals surface area contributed by atoms with Crippen LogP contribution in [0.2, 0.25) is 0 Å². The SMILES string of the molecule is Cc1cc(-c2c(F)c(F)c(F)c(F)c2F)nn1-c1ccc([N+](=O)[O-])cc1[N+](=O)[O-]. The van der Waals surface area contributed by atoms with Crippen molar-refractivity contribution in [3.8, 4) is 16.9 Å². The number of hydrogen-bond acceptors (Lipinski definition) is 5. The van der Waals surface area contributed by atoms with Gasteiger partial charge in [0.1, 0.15) is 5.69 Å². The predicted octanol–water partition coefficient (Wildman–Crippen LogP) is 4.36. The summed E-state index contributed by atoms with van der Waals surface area (Å²) in [5, 5.41) is 25.8. The highest BCUT2D eigenvalue weighted by Crippen LogP contribution is 2.33. The molecule has 29 heavy (non-hydrogen) atoms. The number of rotatable bonds is 4. The number of nitro groups is 2. The minimum Gasteiger partial charge on any atom is -0.258 e. The van der Waals surface area contributed by atoms with Crippen molar-refractivity contribution in [3.05, 3.63) is 79.3 Å². The quantitative estimate of drug-likeness (QED) is 0.207. The van der Waals surface area contributed by atoms with Crippen LogP contribution in [-0.2, 0) is 0 Å². The summed E-state index contributed by atoms with van der Waals surface area (Å²) in [5.41, 5.74) is -3.62. The van der Waals surface area contributed by atoms with E-state index in [1.54, 1.807) is 0 Å². The van der Waals surface area contributed by atoms with Gasteiger partial charge in [-0.05, 0) is 19.1 Å². The van der Waals surface area contributed by atoms with Gasteiger partial charge in [0.2, 0.25) is 5.82 Å². The van der Waals surface area contributed by atoms with Gasteiger partial charge in [-0.3, -0.25) is 20.2 Å². The molecule has 0 aliphatic rings. The molecule has 0 saturated heterocycles. The molecule has 0 spiro atoms. The van der Waals surface area contributed by atoms with Gasteiger partial charge in [-0.2, -0.15) is 5.10 Å². The summed E-state index contributed by atoms with van der Waals surface area (Å²) in [4.78, 5) is 20.3. The van der Waals surface area contributed by atoms with E-state index in [2.05, 4.69) is 5.10 Å². The molecule has 1 heterocycles. The molecular formula is C16H7F5N4O4. The van der Waals surface area contributed by atoms with Crippen LogP contribution in [0.25, 0.3) is 16.9 Å². The highest BCUT2D eigenvalue weighted by Gasteiger charge is 2.29. The first-order valence-electron chi connectivity index (χ1n) is 7.56. The van der Waals surface area contributed by atoms with Crippen molar-refractivity contribution < 1.29 is 31.8 Å². The maximum atomic E-state index is 14.0. The normalized spacial score (nSPS) is 11.0. The van der Waals surface area contributed by atoms with Crippen LogP contribution in [-0.4, -0.2) is 19.6 Å². The lowest BCUT2D eigenvalue weighted by Crippen LogP contribution is -2.06. The lowest BCUT2D eigenvalue weighted by molar-refractivity contribution is -0.394. The van der Waals surface area contributed by atoms with Gasteiger partial charge in [-0.1, -0.05) is 0 Å². The zero-order valence-corrected chi connectivity index (χ0v) is 14.1. The number of benzene rings is 2. The van der Waals surface area contributed by atoms with Crippen LogP contribution in [0.1, 0.15) is 5.69 Å². The molecule has 150 valence electrons. The van der Waals surface area contributed by atoms with Gasteiger partial charge in [0.05, 0.1) is 27.2 Å². The fourth-order valence-corrected chi connectivity index (χ4v) is 2.62. The van der Waals surface area contributed by atoms with Crippen LogP contribution in [0.4, 0.5) is 33.3 Å². The predicted molar refractivity (Wildman–Crippen MR) is 86.8 cm³/mol. The Hall–Kier alpha value is -3.90. The fourth-order valence-electron chi connectivity index (χ4n) is 2.62. The Morgan fingerprint density at radius 3 is 1.93 bits per heavy atom. The number of halogens is 5. The van der Waals surface area contributed by atoms with Crippen LogP contribution in [0, 0.1) is 56.2 Å². The number of nitro benzene ring substituents is 2. The van der Waals surface area contributed by atoms with Crippen LogP contribution < -0.4 is 0 Å². The van der Waals surface area contributed by atoms with Crippen molar-refractivity contribution in [1.82, 2.24) is 9.78 Å². The number of aryl methyl sites for hydroxylation is 1. The van der Waals surface area contributed by atoms with Crippen molar-refractivity contribution in [2.24, 2.45) is 0 Å². The van der Waals surface area contributed by atoms with E-state index in [-0.39, 0.29) is 11.4 Å². The van der Waals surface area contributed by atoms with Gasteiger partial charge >= 0.3 is 5.69 Å². The maximum absolute atomic E-state index is 14.0. The van der Waals surface area contributed by atoms with E-state index in [4.69, 9.17) is 0 Å².